The lowest BCUT2D eigenvalue weighted by atomic mass is 10.0. The van der Waals surface area contributed by atoms with E-state index in [9.17, 15) is 13.2 Å². The Bertz CT molecular complexity index is 477. The molecule has 0 saturated carbocycles. The minimum atomic E-state index is -3.72. The summed E-state index contributed by atoms with van der Waals surface area (Å²) in [5.41, 5.74) is 1.02. The first-order chi connectivity index (χ1) is 6.86. The van der Waals surface area contributed by atoms with E-state index in [1.807, 2.05) is 13.8 Å². The quantitative estimate of drug-likeness (QED) is 0.790. The molecule has 0 heterocycles. The molecule has 0 aliphatic carbocycles. The van der Waals surface area contributed by atoms with Crippen LogP contribution in [0.1, 0.15) is 35.7 Å². The second-order valence-corrected chi connectivity index (χ2v) is 5.14. The number of aldehydes is 1. The molecule has 5 heteroatoms. The van der Waals surface area contributed by atoms with Gasteiger partial charge in [-0.3, -0.25) is 4.79 Å². The fourth-order valence-electron chi connectivity index (χ4n) is 1.35. The van der Waals surface area contributed by atoms with Gasteiger partial charge in [0, 0.05) is 5.56 Å². The Kier molecular flexibility index (Phi) is 3.26. The van der Waals surface area contributed by atoms with Crippen molar-refractivity contribution in [2.75, 3.05) is 0 Å². The summed E-state index contributed by atoms with van der Waals surface area (Å²) in [5, 5.41) is 5.07. The standard InChI is InChI=1S/C10H13NO3S/c1-7(2)9-5-8(6-12)3-4-10(9)15(11,13)14/h3-7H,1-2H3,(H2,11,13,14). The van der Waals surface area contributed by atoms with E-state index in [1.165, 1.54) is 12.1 Å². The van der Waals surface area contributed by atoms with Gasteiger partial charge in [-0.25, -0.2) is 13.6 Å². The molecule has 1 aromatic carbocycles. The first-order valence-corrected chi connectivity index (χ1v) is 6.03. The molecule has 0 saturated heterocycles. The Morgan fingerprint density at radius 1 is 1.33 bits per heavy atom. The molecule has 0 aromatic heterocycles. The number of primary sulfonamides is 1. The van der Waals surface area contributed by atoms with Crippen molar-refractivity contribution in [3.63, 3.8) is 0 Å². The zero-order chi connectivity index (χ0) is 11.6. The van der Waals surface area contributed by atoms with Gasteiger partial charge >= 0.3 is 0 Å². The van der Waals surface area contributed by atoms with Crippen LogP contribution in [-0.2, 0) is 10.0 Å². The van der Waals surface area contributed by atoms with Gasteiger partial charge in [-0.15, -0.1) is 0 Å². The molecule has 1 rings (SSSR count). The van der Waals surface area contributed by atoms with Crippen molar-refractivity contribution >= 4 is 16.3 Å². The number of benzene rings is 1. The highest BCUT2D eigenvalue weighted by molar-refractivity contribution is 7.89. The summed E-state index contributed by atoms with van der Waals surface area (Å²) >= 11 is 0. The van der Waals surface area contributed by atoms with Gasteiger partial charge in [0.25, 0.3) is 0 Å². The second kappa shape index (κ2) is 4.12. The van der Waals surface area contributed by atoms with Crippen LogP contribution >= 0.6 is 0 Å². The van der Waals surface area contributed by atoms with Crippen LogP contribution < -0.4 is 5.14 Å². The smallest absolute Gasteiger partial charge is 0.238 e. The lowest BCUT2D eigenvalue weighted by molar-refractivity contribution is 0.112. The Balaban J connectivity index is 3.47. The van der Waals surface area contributed by atoms with E-state index in [1.54, 1.807) is 6.07 Å². The van der Waals surface area contributed by atoms with Gasteiger partial charge < -0.3 is 0 Å². The molecular formula is C10H13NO3S. The lowest BCUT2D eigenvalue weighted by Gasteiger charge is -2.11. The van der Waals surface area contributed by atoms with Crippen molar-refractivity contribution in [2.45, 2.75) is 24.7 Å². The number of carbonyl (C=O) groups excluding carboxylic acids is 1. The molecule has 15 heavy (non-hydrogen) atoms. The minimum absolute atomic E-state index is 0.00164. The van der Waals surface area contributed by atoms with E-state index in [-0.39, 0.29) is 10.8 Å². The highest BCUT2D eigenvalue weighted by Gasteiger charge is 2.16. The molecule has 0 aliphatic rings. The number of nitrogens with two attached hydrogens (primary N) is 1. The van der Waals surface area contributed by atoms with Crippen LogP contribution in [0.2, 0.25) is 0 Å². The Morgan fingerprint density at radius 2 is 1.93 bits per heavy atom. The molecule has 82 valence electrons. The largest absolute Gasteiger partial charge is 0.298 e. The van der Waals surface area contributed by atoms with Gasteiger partial charge in [0.15, 0.2) is 0 Å². The number of hydrogen-bond acceptors (Lipinski definition) is 3. The van der Waals surface area contributed by atoms with Crippen LogP contribution in [0.25, 0.3) is 0 Å². The molecule has 0 spiro atoms. The van der Waals surface area contributed by atoms with E-state index in [0.717, 1.165) is 0 Å². The third kappa shape index (κ3) is 2.64. The van der Waals surface area contributed by atoms with Gasteiger partial charge in [-0.1, -0.05) is 19.9 Å². The summed E-state index contributed by atoms with van der Waals surface area (Å²) in [7, 11) is -3.72. The second-order valence-electron chi connectivity index (χ2n) is 3.61. The van der Waals surface area contributed by atoms with Crippen LogP contribution in [0.5, 0.6) is 0 Å². The van der Waals surface area contributed by atoms with Gasteiger partial charge in [-0.2, -0.15) is 0 Å². The summed E-state index contributed by atoms with van der Waals surface area (Å²) in [6, 6.07) is 4.37. The first-order valence-electron chi connectivity index (χ1n) is 4.48. The van der Waals surface area contributed by atoms with Crippen LogP contribution in [-0.4, -0.2) is 14.7 Å². The number of rotatable bonds is 3. The van der Waals surface area contributed by atoms with Crippen LogP contribution in [0, 0.1) is 0 Å². The Morgan fingerprint density at radius 3 is 2.33 bits per heavy atom. The number of carbonyl (C=O) groups is 1. The molecule has 0 aliphatic heterocycles. The van der Waals surface area contributed by atoms with Crippen molar-refractivity contribution in [1.29, 1.82) is 0 Å². The molecular weight excluding hydrogens is 214 g/mol. The fourth-order valence-corrected chi connectivity index (χ4v) is 2.23. The number of sulfonamides is 1. The average Bonchev–Trinajstić information content (AvgIpc) is 2.15. The van der Waals surface area contributed by atoms with Crippen molar-refractivity contribution in [3.05, 3.63) is 29.3 Å². The van der Waals surface area contributed by atoms with E-state index < -0.39 is 10.0 Å². The zero-order valence-electron chi connectivity index (χ0n) is 8.60. The van der Waals surface area contributed by atoms with E-state index in [2.05, 4.69) is 0 Å². The van der Waals surface area contributed by atoms with Crippen molar-refractivity contribution in [3.8, 4) is 0 Å². The predicted molar refractivity (Wildman–Crippen MR) is 57.3 cm³/mol. The Hall–Kier alpha value is -1.20. The summed E-state index contributed by atoms with van der Waals surface area (Å²) in [6.07, 6.45) is 0.679. The normalized spacial score (nSPS) is 11.7. The highest BCUT2D eigenvalue weighted by atomic mass is 32.2. The Labute approximate surface area is 89.2 Å². The maximum atomic E-state index is 11.2. The monoisotopic (exact) mass is 227 g/mol. The lowest BCUT2D eigenvalue weighted by Crippen LogP contribution is -2.15. The van der Waals surface area contributed by atoms with Gasteiger partial charge in [0.2, 0.25) is 10.0 Å². The first kappa shape index (κ1) is 11.9. The molecule has 0 bridgehead atoms. The van der Waals surface area contributed by atoms with Gasteiger partial charge in [0.05, 0.1) is 4.90 Å². The minimum Gasteiger partial charge on any atom is -0.298 e. The zero-order valence-corrected chi connectivity index (χ0v) is 9.41. The van der Waals surface area contributed by atoms with Gasteiger partial charge in [0.1, 0.15) is 6.29 Å². The van der Waals surface area contributed by atoms with Crippen LogP contribution in [0.3, 0.4) is 0 Å². The van der Waals surface area contributed by atoms with Crippen molar-refractivity contribution in [1.82, 2.24) is 0 Å². The van der Waals surface area contributed by atoms with Crippen molar-refractivity contribution < 1.29 is 13.2 Å². The molecule has 0 fully saturated rings. The SMILES string of the molecule is CC(C)c1cc(C=O)ccc1S(N)(=O)=O. The maximum Gasteiger partial charge on any atom is 0.238 e. The fraction of sp³-hybridized carbons (Fsp3) is 0.300. The molecule has 1 aromatic rings. The average molecular weight is 227 g/mol. The maximum absolute atomic E-state index is 11.2. The third-order valence-corrected chi connectivity index (χ3v) is 3.08. The topological polar surface area (TPSA) is 77.2 Å². The van der Waals surface area contributed by atoms with E-state index in [4.69, 9.17) is 5.14 Å². The summed E-state index contributed by atoms with van der Waals surface area (Å²) in [4.78, 5) is 10.6. The summed E-state index contributed by atoms with van der Waals surface area (Å²) in [6.45, 7) is 3.69. The molecule has 0 radical (unpaired) electrons. The third-order valence-electron chi connectivity index (χ3n) is 2.10. The molecule has 4 nitrogen and oxygen atoms in total. The molecule has 0 amide bonds. The summed E-state index contributed by atoms with van der Waals surface area (Å²) in [5.74, 6) is -0.00164. The van der Waals surface area contributed by atoms with E-state index in [0.29, 0.717) is 17.4 Å². The summed E-state index contributed by atoms with van der Waals surface area (Å²) < 4.78 is 22.5. The highest BCUT2D eigenvalue weighted by Crippen LogP contribution is 2.23. The van der Waals surface area contributed by atoms with Crippen molar-refractivity contribution in [2.24, 2.45) is 5.14 Å². The van der Waals surface area contributed by atoms with Crippen LogP contribution in [0.15, 0.2) is 23.1 Å². The number of hydrogen-bond donors (Lipinski definition) is 1. The predicted octanol–water partition coefficient (Wildman–Crippen LogP) is 1.27. The molecule has 0 unspecified atom stereocenters. The van der Waals surface area contributed by atoms with E-state index >= 15 is 0 Å². The van der Waals surface area contributed by atoms with Crippen LogP contribution in [0.4, 0.5) is 0 Å². The van der Waals surface area contributed by atoms with Gasteiger partial charge in [-0.05, 0) is 23.6 Å². The molecule has 0 atom stereocenters. The molecule has 2 N–H and O–H groups in total.